The van der Waals surface area contributed by atoms with Crippen LogP contribution in [-0.2, 0) is 10.0 Å². The molecule has 0 fully saturated rings. The standard InChI is InChI=1S/C20H18FN3O3S/c1-13-11-18(12-14(2)20(13)25)23-22-16-7-9-19(10-8-16)28(26,27)24-17-5-3-15(21)4-6-17/h3-12,24-25H,1-2H3. The van der Waals surface area contributed by atoms with Gasteiger partial charge in [-0.1, -0.05) is 0 Å². The van der Waals surface area contributed by atoms with Crippen molar-refractivity contribution in [2.75, 3.05) is 4.72 Å². The molecular formula is C20H18FN3O3S. The molecule has 0 saturated carbocycles. The lowest BCUT2D eigenvalue weighted by Crippen LogP contribution is -2.12. The number of nitrogens with one attached hydrogen (secondary N) is 1. The van der Waals surface area contributed by atoms with Crippen molar-refractivity contribution in [3.63, 3.8) is 0 Å². The molecule has 0 atom stereocenters. The summed E-state index contributed by atoms with van der Waals surface area (Å²) < 4.78 is 40.1. The monoisotopic (exact) mass is 399 g/mol. The van der Waals surface area contributed by atoms with Gasteiger partial charge < -0.3 is 5.11 Å². The molecule has 0 bridgehead atoms. The summed E-state index contributed by atoms with van der Waals surface area (Å²) in [5.74, 6) is -0.223. The molecule has 0 saturated heterocycles. The molecule has 0 aromatic heterocycles. The number of benzene rings is 3. The van der Waals surface area contributed by atoms with Crippen molar-refractivity contribution in [3.8, 4) is 5.75 Å². The van der Waals surface area contributed by atoms with Crippen molar-refractivity contribution >= 4 is 27.1 Å². The Balaban J connectivity index is 1.76. The average Bonchev–Trinajstić information content (AvgIpc) is 2.66. The van der Waals surface area contributed by atoms with E-state index in [0.717, 1.165) is 0 Å². The van der Waals surface area contributed by atoms with Gasteiger partial charge in [-0.2, -0.15) is 10.2 Å². The topological polar surface area (TPSA) is 91.1 Å². The highest BCUT2D eigenvalue weighted by molar-refractivity contribution is 7.92. The number of hydrogen-bond acceptors (Lipinski definition) is 5. The van der Waals surface area contributed by atoms with Crippen LogP contribution in [0.3, 0.4) is 0 Å². The number of hydrogen-bond donors (Lipinski definition) is 2. The van der Waals surface area contributed by atoms with Crippen LogP contribution in [0.2, 0.25) is 0 Å². The van der Waals surface area contributed by atoms with Gasteiger partial charge in [-0.05, 0) is 85.6 Å². The molecule has 8 heteroatoms. The van der Waals surface area contributed by atoms with Crippen molar-refractivity contribution in [3.05, 3.63) is 77.6 Å². The number of nitrogens with zero attached hydrogens (tertiary/aromatic N) is 2. The maximum Gasteiger partial charge on any atom is 0.261 e. The highest BCUT2D eigenvalue weighted by atomic mass is 32.2. The molecule has 0 unspecified atom stereocenters. The molecule has 0 aliphatic carbocycles. The van der Waals surface area contributed by atoms with Gasteiger partial charge in [0.25, 0.3) is 10.0 Å². The van der Waals surface area contributed by atoms with Gasteiger partial charge in [-0.15, -0.1) is 0 Å². The first-order valence-corrected chi connectivity index (χ1v) is 9.83. The van der Waals surface area contributed by atoms with Crippen molar-refractivity contribution in [1.29, 1.82) is 0 Å². The molecule has 3 aromatic rings. The summed E-state index contributed by atoms with van der Waals surface area (Å²) in [4.78, 5) is 0.0482. The lowest BCUT2D eigenvalue weighted by atomic mass is 10.1. The molecular weight excluding hydrogens is 381 g/mol. The van der Waals surface area contributed by atoms with Gasteiger partial charge in [0.15, 0.2) is 0 Å². The second-order valence-electron chi connectivity index (χ2n) is 6.23. The van der Waals surface area contributed by atoms with Gasteiger partial charge in [0.05, 0.1) is 16.3 Å². The van der Waals surface area contributed by atoms with E-state index in [1.807, 2.05) is 0 Å². The minimum atomic E-state index is -3.80. The number of aromatic hydroxyl groups is 1. The van der Waals surface area contributed by atoms with E-state index in [-0.39, 0.29) is 16.3 Å². The van der Waals surface area contributed by atoms with E-state index in [1.54, 1.807) is 26.0 Å². The summed E-state index contributed by atoms with van der Waals surface area (Å²) in [5, 5.41) is 18.0. The summed E-state index contributed by atoms with van der Waals surface area (Å²) in [6.07, 6.45) is 0. The van der Waals surface area contributed by atoms with E-state index in [1.165, 1.54) is 48.5 Å². The molecule has 0 aliphatic heterocycles. The van der Waals surface area contributed by atoms with Crippen molar-refractivity contribution in [2.24, 2.45) is 10.2 Å². The third kappa shape index (κ3) is 4.52. The molecule has 2 N–H and O–H groups in total. The van der Waals surface area contributed by atoms with E-state index < -0.39 is 15.8 Å². The Labute approximate surface area is 162 Å². The Kier molecular flexibility index (Phi) is 5.41. The first-order chi connectivity index (χ1) is 13.2. The highest BCUT2D eigenvalue weighted by Gasteiger charge is 2.14. The molecule has 0 heterocycles. The van der Waals surface area contributed by atoms with Crippen LogP contribution in [0.4, 0.5) is 21.5 Å². The van der Waals surface area contributed by atoms with E-state index in [2.05, 4.69) is 15.0 Å². The number of aryl methyl sites for hydroxylation is 2. The minimum absolute atomic E-state index is 0.0482. The third-order valence-electron chi connectivity index (χ3n) is 4.00. The van der Waals surface area contributed by atoms with Crippen LogP contribution in [-0.4, -0.2) is 13.5 Å². The number of sulfonamides is 1. The second-order valence-corrected chi connectivity index (χ2v) is 7.92. The van der Waals surface area contributed by atoms with Crippen LogP contribution in [0.5, 0.6) is 5.75 Å². The summed E-state index contributed by atoms with van der Waals surface area (Å²) in [5.41, 5.74) is 2.72. The quantitative estimate of drug-likeness (QED) is 0.566. The normalized spacial score (nSPS) is 11.7. The second kappa shape index (κ2) is 7.77. The molecule has 0 aliphatic rings. The molecule has 144 valence electrons. The van der Waals surface area contributed by atoms with Crippen LogP contribution in [0.25, 0.3) is 0 Å². The van der Waals surface area contributed by atoms with Crippen molar-refractivity contribution in [1.82, 2.24) is 0 Å². The number of rotatable bonds is 5. The van der Waals surface area contributed by atoms with Gasteiger partial charge in [0.2, 0.25) is 0 Å². The summed E-state index contributed by atoms with van der Waals surface area (Å²) in [7, 11) is -3.80. The van der Waals surface area contributed by atoms with Crippen LogP contribution >= 0.6 is 0 Å². The lowest BCUT2D eigenvalue weighted by Gasteiger charge is -2.08. The number of phenols is 1. The number of halogens is 1. The molecule has 0 radical (unpaired) electrons. The molecule has 0 spiro atoms. The molecule has 3 aromatic carbocycles. The van der Waals surface area contributed by atoms with Crippen LogP contribution in [0.1, 0.15) is 11.1 Å². The Morgan fingerprint density at radius 2 is 1.39 bits per heavy atom. The summed E-state index contributed by atoms with van der Waals surface area (Å²) >= 11 is 0. The van der Waals surface area contributed by atoms with Crippen molar-refractivity contribution in [2.45, 2.75) is 18.7 Å². The molecule has 0 amide bonds. The van der Waals surface area contributed by atoms with Crippen LogP contribution in [0, 0.1) is 19.7 Å². The average molecular weight is 399 g/mol. The van der Waals surface area contributed by atoms with Crippen LogP contribution < -0.4 is 4.72 Å². The van der Waals surface area contributed by atoms with Gasteiger partial charge in [-0.3, -0.25) is 4.72 Å². The number of anilines is 1. The van der Waals surface area contributed by atoms with Crippen LogP contribution in [0.15, 0.2) is 75.8 Å². The maximum atomic E-state index is 12.9. The fourth-order valence-corrected chi connectivity index (χ4v) is 3.59. The fourth-order valence-electron chi connectivity index (χ4n) is 2.53. The van der Waals surface area contributed by atoms with E-state index in [0.29, 0.717) is 22.5 Å². The molecule has 28 heavy (non-hydrogen) atoms. The maximum absolute atomic E-state index is 12.9. The zero-order valence-electron chi connectivity index (χ0n) is 15.2. The van der Waals surface area contributed by atoms with Gasteiger partial charge in [0, 0.05) is 5.69 Å². The SMILES string of the molecule is Cc1cc(N=Nc2ccc(S(=O)(=O)Nc3ccc(F)cc3)cc2)cc(C)c1O. The predicted octanol–water partition coefficient (Wildman–Crippen LogP) is 5.36. The third-order valence-corrected chi connectivity index (χ3v) is 5.40. The Morgan fingerprint density at radius 1 is 0.857 bits per heavy atom. The predicted molar refractivity (Wildman–Crippen MR) is 105 cm³/mol. The largest absolute Gasteiger partial charge is 0.507 e. The molecule has 3 rings (SSSR count). The van der Waals surface area contributed by atoms with E-state index in [9.17, 15) is 17.9 Å². The van der Waals surface area contributed by atoms with Gasteiger partial charge in [0.1, 0.15) is 11.6 Å². The highest BCUT2D eigenvalue weighted by Crippen LogP contribution is 2.28. The zero-order valence-corrected chi connectivity index (χ0v) is 16.0. The smallest absolute Gasteiger partial charge is 0.261 e. The molecule has 6 nitrogen and oxygen atoms in total. The van der Waals surface area contributed by atoms with E-state index >= 15 is 0 Å². The number of azo groups is 1. The van der Waals surface area contributed by atoms with Gasteiger partial charge in [-0.25, -0.2) is 12.8 Å². The summed E-state index contributed by atoms with van der Waals surface area (Å²) in [6.45, 7) is 3.55. The lowest BCUT2D eigenvalue weighted by molar-refractivity contribution is 0.467. The first kappa shape index (κ1) is 19.5. The fraction of sp³-hybridized carbons (Fsp3) is 0.100. The summed E-state index contributed by atoms with van der Waals surface area (Å²) in [6, 6.07) is 14.3. The van der Waals surface area contributed by atoms with E-state index in [4.69, 9.17) is 0 Å². The minimum Gasteiger partial charge on any atom is -0.507 e. The number of phenolic OH excluding ortho intramolecular Hbond substituents is 1. The van der Waals surface area contributed by atoms with Crippen molar-refractivity contribution < 1.29 is 17.9 Å². The first-order valence-electron chi connectivity index (χ1n) is 8.35. The zero-order chi connectivity index (χ0) is 20.3. The Hall–Kier alpha value is -3.26. The Morgan fingerprint density at radius 3 is 1.96 bits per heavy atom. The Bertz CT molecular complexity index is 1100. The van der Waals surface area contributed by atoms with Gasteiger partial charge >= 0.3 is 0 Å².